The molecule has 2 aromatic rings. The van der Waals surface area contributed by atoms with Gasteiger partial charge >= 0.3 is 0 Å². The molecule has 1 amide bonds. The van der Waals surface area contributed by atoms with E-state index in [-0.39, 0.29) is 11.9 Å². The predicted octanol–water partition coefficient (Wildman–Crippen LogP) is 1.72. The minimum Gasteiger partial charge on any atom is -0.361 e. The summed E-state index contributed by atoms with van der Waals surface area (Å²) in [5.74, 6) is 0.956. The standard InChI is InChI=1S/C18H24N4O2/c1-14-11-16(20-24-14)13-21-7-9-22(10-8-21)18(23)12-17(19)15-5-3-2-4-6-15/h2-6,11,17H,7-10,12-13,19H2,1H3. The Labute approximate surface area is 142 Å². The van der Waals surface area contributed by atoms with Crippen LogP contribution >= 0.6 is 0 Å². The molecule has 0 bridgehead atoms. The molecule has 1 aliphatic rings. The number of amides is 1. The second-order valence-electron chi connectivity index (χ2n) is 6.31. The first-order valence-electron chi connectivity index (χ1n) is 8.34. The van der Waals surface area contributed by atoms with Gasteiger partial charge in [0, 0.05) is 51.3 Å². The smallest absolute Gasteiger partial charge is 0.224 e. The van der Waals surface area contributed by atoms with Crippen LogP contribution in [0.25, 0.3) is 0 Å². The van der Waals surface area contributed by atoms with Gasteiger partial charge in [0.1, 0.15) is 5.76 Å². The molecule has 0 spiro atoms. The van der Waals surface area contributed by atoms with Crippen molar-refractivity contribution in [1.82, 2.24) is 15.0 Å². The molecule has 1 aliphatic heterocycles. The van der Waals surface area contributed by atoms with Gasteiger partial charge in [0.15, 0.2) is 0 Å². The van der Waals surface area contributed by atoms with Gasteiger partial charge < -0.3 is 15.2 Å². The van der Waals surface area contributed by atoms with E-state index in [1.54, 1.807) is 0 Å². The number of nitrogens with two attached hydrogens (primary N) is 1. The number of nitrogens with zero attached hydrogens (tertiary/aromatic N) is 3. The molecule has 0 radical (unpaired) electrons. The zero-order valence-corrected chi connectivity index (χ0v) is 14.0. The summed E-state index contributed by atoms with van der Waals surface area (Å²) in [6.07, 6.45) is 0.354. The highest BCUT2D eigenvalue weighted by Gasteiger charge is 2.23. The molecule has 128 valence electrons. The Morgan fingerprint density at radius 1 is 1.25 bits per heavy atom. The number of rotatable bonds is 5. The van der Waals surface area contributed by atoms with Crippen molar-refractivity contribution in [3.8, 4) is 0 Å². The maximum atomic E-state index is 12.5. The number of aryl methyl sites for hydroxylation is 1. The second kappa shape index (κ2) is 7.59. The molecule has 6 nitrogen and oxygen atoms in total. The molecule has 1 unspecified atom stereocenters. The molecule has 0 aliphatic carbocycles. The zero-order chi connectivity index (χ0) is 16.9. The van der Waals surface area contributed by atoms with E-state index < -0.39 is 0 Å². The fourth-order valence-electron chi connectivity index (χ4n) is 3.01. The molecule has 1 aromatic carbocycles. The molecular formula is C18H24N4O2. The fraction of sp³-hybridized carbons (Fsp3) is 0.444. The van der Waals surface area contributed by atoms with Crippen LogP contribution in [-0.4, -0.2) is 47.0 Å². The van der Waals surface area contributed by atoms with Gasteiger partial charge in [0.25, 0.3) is 0 Å². The van der Waals surface area contributed by atoms with Crippen LogP contribution in [0.2, 0.25) is 0 Å². The van der Waals surface area contributed by atoms with Crippen LogP contribution in [0.1, 0.15) is 29.5 Å². The number of hydrogen-bond donors (Lipinski definition) is 1. The first-order chi connectivity index (χ1) is 11.6. The van der Waals surface area contributed by atoms with E-state index in [4.69, 9.17) is 10.3 Å². The van der Waals surface area contributed by atoms with E-state index in [9.17, 15) is 4.79 Å². The average molecular weight is 328 g/mol. The Kier molecular flexibility index (Phi) is 5.27. The summed E-state index contributed by atoms with van der Waals surface area (Å²) in [5.41, 5.74) is 8.11. The third-order valence-corrected chi connectivity index (χ3v) is 4.41. The zero-order valence-electron chi connectivity index (χ0n) is 14.0. The fourth-order valence-corrected chi connectivity index (χ4v) is 3.01. The van der Waals surface area contributed by atoms with Crippen molar-refractivity contribution in [1.29, 1.82) is 0 Å². The van der Waals surface area contributed by atoms with Gasteiger partial charge in [-0.25, -0.2) is 0 Å². The number of benzene rings is 1. The van der Waals surface area contributed by atoms with Gasteiger partial charge in [-0.15, -0.1) is 0 Å². The summed E-state index contributed by atoms with van der Waals surface area (Å²) >= 11 is 0. The number of hydrogen-bond acceptors (Lipinski definition) is 5. The minimum atomic E-state index is -0.241. The maximum Gasteiger partial charge on any atom is 0.224 e. The van der Waals surface area contributed by atoms with Crippen molar-refractivity contribution < 1.29 is 9.32 Å². The molecule has 0 saturated carbocycles. The Morgan fingerprint density at radius 3 is 2.58 bits per heavy atom. The molecule has 1 fully saturated rings. The molecule has 2 N–H and O–H groups in total. The quantitative estimate of drug-likeness (QED) is 0.904. The Bertz CT molecular complexity index is 663. The SMILES string of the molecule is Cc1cc(CN2CCN(C(=O)CC(N)c3ccccc3)CC2)no1. The van der Waals surface area contributed by atoms with Crippen LogP contribution < -0.4 is 5.73 Å². The summed E-state index contributed by atoms with van der Waals surface area (Å²) in [6, 6.07) is 11.5. The van der Waals surface area contributed by atoms with Gasteiger partial charge in [-0.2, -0.15) is 0 Å². The van der Waals surface area contributed by atoms with Crippen LogP contribution in [0.3, 0.4) is 0 Å². The molecule has 6 heteroatoms. The highest BCUT2D eigenvalue weighted by Crippen LogP contribution is 2.16. The third kappa shape index (κ3) is 4.21. The van der Waals surface area contributed by atoms with Gasteiger partial charge in [-0.3, -0.25) is 9.69 Å². The van der Waals surface area contributed by atoms with Crippen LogP contribution in [0, 0.1) is 6.92 Å². The maximum absolute atomic E-state index is 12.5. The number of piperazine rings is 1. The van der Waals surface area contributed by atoms with Gasteiger partial charge in [-0.1, -0.05) is 35.5 Å². The van der Waals surface area contributed by atoms with Crippen molar-refractivity contribution in [2.24, 2.45) is 5.73 Å². The van der Waals surface area contributed by atoms with E-state index in [1.165, 1.54) is 0 Å². The molecule has 1 atom stereocenters. The van der Waals surface area contributed by atoms with Crippen molar-refractivity contribution >= 4 is 5.91 Å². The van der Waals surface area contributed by atoms with E-state index in [2.05, 4.69) is 10.1 Å². The highest BCUT2D eigenvalue weighted by atomic mass is 16.5. The summed E-state index contributed by atoms with van der Waals surface area (Å²) in [6.45, 7) is 5.82. The predicted molar refractivity (Wildman–Crippen MR) is 91.1 cm³/mol. The van der Waals surface area contributed by atoms with E-state index >= 15 is 0 Å². The summed E-state index contributed by atoms with van der Waals surface area (Å²) in [7, 11) is 0. The van der Waals surface area contributed by atoms with E-state index in [0.717, 1.165) is 49.7 Å². The first-order valence-corrected chi connectivity index (χ1v) is 8.34. The van der Waals surface area contributed by atoms with Crippen LogP contribution in [0.15, 0.2) is 40.9 Å². The molecule has 3 rings (SSSR count). The third-order valence-electron chi connectivity index (χ3n) is 4.41. The van der Waals surface area contributed by atoms with E-state index in [1.807, 2.05) is 48.2 Å². The van der Waals surface area contributed by atoms with Gasteiger partial charge in [0.2, 0.25) is 5.91 Å². The van der Waals surface area contributed by atoms with Crippen LogP contribution in [0.4, 0.5) is 0 Å². The molecular weight excluding hydrogens is 304 g/mol. The minimum absolute atomic E-state index is 0.128. The van der Waals surface area contributed by atoms with Crippen molar-refractivity contribution in [3.05, 3.63) is 53.4 Å². The van der Waals surface area contributed by atoms with Crippen molar-refractivity contribution in [2.75, 3.05) is 26.2 Å². The monoisotopic (exact) mass is 328 g/mol. The molecule has 1 aromatic heterocycles. The Balaban J connectivity index is 1.46. The van der Waals surface area contributed by atoms with Crippen molar-refractivity contribution in [2.45, 2.75) is 25.9 Å². The summed E-state index contributed by atoms with van der Waals surface area (Å²) in [5, 5.41) is 4.02. The average Bonchev–Trinajstić information content (AvgIpc) is 3.01. The lowest BCUT2D eigenvalue weighted by Gasteiger charge is -2.34. The lowest BCUT2D eigenvalue weighted by atomic mass is 10.0. The highest BCUT2D eigenvalue weighted by molar-refractivity contribution is 5.77. The summed E-state index contributed by atoms with van der Waals surface area (Å²) < 4.78 is 5.10. The lowest BCUT2D eigenvalue weighted by Crippen LogP contribution is -2.48. The van der Waals surface area contributed by atoms with Gasteiger partial charge in [0.05, 0.1) is 5.69 Å². The van der Waals surface area contributed by atoms with E-state index in [0.29, 0.717) is 6.42 Å². The second-order valence-corrected chi connectivity index (χ2v) is 6.31. The molecule has 1 saturated heterocycles. The summed E-state index contributed by atoms with van der Waals surface area (Å²) in [4.78, 5) is 16.7. The Hall–Kier alpha value is -2.18. The van der Waals surface area contributed by atoms with Gasteiger partial charge in [-0.05, 0) is 12.5 Å². The van der Waals surface area contributed by atoms with Crippen LogP contribution in [0.5, 0.6) is 0 Å². The molecule has 2 heterocycles. The lowest BCUT2D eigenvalue weighted by molar-refractivity contribution is -0.133. The van der Waals surface area contributed by atoms with Crippen molar-refractivity contribution in [3.63, 3.8) is 0 Å². The number of carbonyl (C=O) groups excluding carboxylic acids is 1. The molecule has 24 heavy (non-hydrogen) atoms. The Morgan fingerprint density at radius 2 is 1.96 bits per heavy atom. The number of aromatic nitrogens is 1. The number of carbonyl (C=O) groups is 1. The normalized spacial score (nSPS) is 17.0. The first kappa shape index (κ1) is 16.7. The van der Waals surface area contributed by atoms with Crippen LogP contribution in [-0.2, 0) is 11.3 Å². The largest absolute Gasteiger partial charge is 0.361 e. The topological polar surface area (TPSA) is 75.6 Å².